The van der Waals surface area contributed by atoms with Crippen LogP contribution < -0.4 is 15.8 Å². The molecule has 112 valence electrons. The molecule has 3 N–H and O–H groups in total. The quantitative estimate of drug-likeness (QED) is 0.899. The number of nitrogens with two attached hydrogens (primary N) is 1. The van der Waals surface area contributed by atoms with Crippen molar-refractivity contribution in [2.24, 2.45) is 11.1 Å². The van der Waals surface area contributed by atoms with E-state index in [1.165, 1.54) is 12.1 Å². The van der Waals surface area contributed by atoms with Gasteiger partial charge in [-0.2, -0.15) is 0 Å². The van der Waals surface area contributed by atoms with Crippen molar-refractivity contribution >= 4 is 11.6 Å². The van der Waals surface area contributed by atoms with Crippen LogP contribution in [0.1, 0.15) is 20.8 Å². The molecule has 1 rings (SSSR count). The molecule has 0 aliphatic rings. The fraction of sp³-hybridized carbons (Fsp3) is 0.462. The van der Waals surface area contributed by atoms with Crippen molar-refractivity contribution in [2.75, 3.05) is 5.32 Å². The van der Waals surface area contributed by atoms with E-state index in [0.29, 0.717) is 5.69 Å². The highest BCUT2D eigenvalue weighted by molar-refractivity contribution is 5.95. The van der Waals surface area contributed by atoms with Gasteiger partial charge in [0.05, 0.1) is 6.04 Å². The lowest BCUT2D eigenvalue weighted by atomic mass is 9.87. The molecule has 0 saturated heterocycles. The number of amides is 1. The summed E-state index contributed by atoms with van der Waals surface area (Å²) in [6.07, 6.45) is -4.74. The zero-order valence-corrected chi connectivity index (χ0v) is 11.4. The van der Waals surface area contributed by atoms with Gasteiger partial charge in [0, 0.05) is 5.69 Å². The lowest BCUT2D eigenvalue weighted by molar-refractivity contribution is -0.274. The van der Waals surface area contributed by atoms with Crippen LogP contribution in [0.3, 0.4) is 0 Å². The number of ether oxygens (including phenoxy) is 1. The maximum absolute atomic E-state index is 12.0. The number of nitrogens with one attached hydrogen (secondary N) is 1. The van der Waals surface area contributed by atoms with E-state index in [4.69, 9.17) is 5.73 Å². The van der Waals surface area contributed by atoms with Crippen LogP contribution in [0.25, 0.3) is 0 Å². The summed E-state index contributed by atoms with van der Waals surface area (Å²) in [5, 5.41) is 2.54. The molecule has 0 spiro atoms. The Bertz CT molecular complexity index is 464. The Morgan fingerprint density at radius 3 is 2.10 bits per heavy atom. The molecule has 0 aromatic heterocycles. The summed E-state index contributed by atoms with van der Waals surface area (Å²) in [4.78, 5) is 11.8. The zero-order chi connectivity index (χ0) is 15.6. The monoisotopic (exact) mass is 290 g/mol. The minimum absolute atomic E-state index is 0.351. The van der Waals surface area contributed by atoms with Crippen LogP contribution in [0.15, 0.2) is 24.3 Å². The molecule has 0 bridgehead atoms. The molecule has 1 atom stereocenters. The number of halogens is 3. The molecule has 0 aliphatic heterocycles. The Hall–Kier alpha value is -1.76. The standard InChI is InChI=1S/C13H17F3N2O2/c1-12(2,3)10(17)11(19)18-8-4-6-9(7-5-8)20-13(14,15)16/h4-7,10H,17H2,1-3H3,(H,18,19)/t10-/m1/s1. The maximum Gasteiger partial charge on any atom is 0.573 e. The molecule has 20 heavy (non-hydrogen) atoms. The first-order chi connectivity index (χ1) is 8.99. The van der Waals surface area contributed by atoms with Crippen LogP contribution >= 0.6 is 0 Å². The van der Waals surface area contributed by atoms with Gasteiger partial charge in [-0.05, 0) is 29.7 Å². The first kappa shape index (κ1) is 16.3. The number of alkyl halides is 3. The molecule has 1 amide bonds. The first-order valence-electron chi connectivity index (χ1n) is 5.91. The highest BCUT2D eigenvalue weighted by atomic mass is 19.4. The molecule has 4 nitrogen and oxygen atoms in total. The number of hydrogen-bond acceptors (Lipinski definition) is 3. The maximum atomic E-state index is 12.0. The van der Waals surface area contributed by atoms with Crippen molar-refractivity contribution in [3.8, 4) is 5.75 Å². The Balaban J connectivity index is 2.69. The first-order valence-corrected chi connectivity index (χ1v) is 5.91. The fourth-order valence-corrected chi connectivity index (χ4v) is 1.35. The molecule has 0 fully saturated rings. The van der Waals surface area contributed by atoms with E-state index in [1.807, 2.05) is 20.8 Å². The summed E-state index contributed by atoms with van der Waals surface area (Å²) in [5.41, 5.74) is 5.71. The Morgan fingerprint density at radius 2 is 1.70 bits per heavy atom. The second kappa shape index (κ2) is 5.70. The van der Waals surface area contributed by atoms with E-state index < -0.39 is 23.7 Å². The van der Waals surface area contributed by atoms with Gasteiger partial charge in [0.25, 0.3) is 0 Å². The third kappa shape index (κ3) is 5.08. The molecule has 0 aliphatic carbocycles. The van der Waals surface area contributed by atoms with Crippen LogP contribution in [0, 0.1) is 5.41 Å². The van der Waals surface area contributed by atoms with E-state index >= 15 is 0 Å². The van der Waals surface area contributed by atoms with Crippen LogP contribution in [-0.4, -0.2) is 18.3 Å². The highest BCUT2D eigenvalue weighted by Crippen LogP contribution is 2.24. The van der Waals surface area contributed by atoms with Crippen molar-refractivity contribution in [1.82, 2.24) is 0 Å². The van der Waals surface area contributed by atoms with Crippen molar-refractivity contribution in [3.63, 3.8) is 0 Å². The van der Waals surface area contributed by atoms with Crippen molar-refractivity contribution in [1.29, 1.82) is 0 Å². The number of rotatable bonds is 3. The van der Waals surface area contributed by atoms with Crippen molar-refractivity contribution < 1.29 is 22.7 Å². The van der Waals surface area contributed by atoms with Gasteiger partial charge < -0.3 is 15.8 Å². The van der Waals surface area contributed by atoms with Gasteiger partial charge in [-0.25, -0.2) is 0 Å². The second-order valence-corrected chi connectivity index (χ2v) is 5.41. The molecule has 0 saturated carbocycles. The van der Waals surface area contributed by atoms with Gasteiger partial charge in [0.15, 0.2) is 0 Å². The summed E-state index contributed by atoms with van der Waals surface area (Å²) in [7, 11) is 0. The third-order valence-electron chi connectivity index (χ3n) is 2.57. The van der Waals surface area contributed by atoms with E-state index in [-0.39, 0.29) is 5.75 Å². The number of carbonyl (C=O) groups excluding carboxylic acids is 1. The van der Waals surface area contributed by atoms with Crippen LogP contribution in [0.4, 0.5) is 18.9 Å². The smallest absolute Gasteiger partial charge is 0.406 e. The van der Waals surface area contributed by atoms with Crippen LogP contribution in [0.5, 0.6) is 5.75 Å². The lowest BCUT2D eigenvalue weighted by Gasteiger charge is -2.25. The van der Waals surface area contributed by atoms with Crippen molar-refractivity contribution in [3.05, 3.63) is 24.3 Å². The molecular weight excluding hydrogens is 273 g/mol. The SMILES string of the molecule is CC(C)(C)[C@H](N)C(=O)Nc1ccc(OC(F)(F)F)cc1. The van der Waals surface area contributed by atoms with Crippen LogP contribution in [0.2, 0.25) is 0 Å². The topological polar surface area (TPSA) is 64.4 Å². The normalized spacial score (nSPS) is 13.8. The summed E-state index contributed by atoms with van der Waals surface area (Å²) in [6, 6.07) is 4.13. The molecule has 0 radical (unpaired) electrons. The van der Waals surface area contributed by atoms with Gasteiger partial charge in [0.2, 0.25) is 5.91 Å². The van der Waals surface area contributed by atoms with Crippen LogP contribution in [-0.2, 0) is 4.79 Å². The Kier molecular flexibility index (Phi) is 4.65. The van der Waals surface area contributed by atoms with Gasteiger partial charge >= 0.3 is 6.36 Å². The molecule has 0 heterocycles. The number of anilines is 1. The average Bonchev–Trinajstić information content (AvgIpc) is 2.27. The largest absolute Gasteiger partial charge is 0.573 e. The summed E-state index contributed by atoms with van der Waals surface area (Å²) in [6.45, 7) is 5.45. The predicted octanol–water partition coefficient (Wildman–Crippen LogP) is 2.90. The van der Waals surface area contributed by atoms with E-state index in [9.17, 15) is 18.0 Å². The highest BCUT2D eigenvalue weighted by Gasteiger charge is 2.31. The zero-order valence-electron chi connectivity index (χ0n) is 11.4. The second-order valence-electron chi connectivity index (χ2n) is 5.41. The fourth-order valence-electron chi connectivity index (χ4n) is 1.35. The molecule has 1 aromatic rings. The minimum Gasteiger partial charge on any atom is -0.406 e. The van der Waals surface area contributed by atoms with E-state index in [0.717, 1.165) is 12.1 Å². The molecular formula is C13H17F3N2O2. The van der Waals surface area contributed by atoms with Gasteiger partial charge in [-0.15, -0.1) is 13.2 Å². The van der Waals surface area contributed by atoms with Gasteiger partial charge in [0.1, 0.15) is 5.75 Å². The van der Waals surface area contributed by atoms with E-state index in [1.54, 1.807) is 0 Å². The van der Waals surface area contributed by atoms with E-state index in [2.05, 4.69) is 10.1 Å². The summed E-state index contributed by atoms with van der Waals surface area (Å²) < 4.78 is 39.7. The average molecular weight is 290 g/mol. The summed E-state index contributed by atoms with van der Waals surface area (Å²) >= 11 is 0. The lowest BCUT2D eigenvalue weighted by Crippen LogP contribution is -2.45. The molecule has 7 heteroatoms. The Morgan fingerprint density at radius 1 is 1.20 bits per heavy atom. The minimum atomic E-state index is -4.74. The molecule has 1 aromatic carbocycles. The predicted molar refractivity (Wildman–Crippen MR) is 69.2 cm³/mol. The van der Waals surface area contributed by atoms with Gasteiger partial charge in [-0.1, -0.05) is 20.8 Å². The number of carbonyl (C=O) groups is 1. The van der Waals surface area contributed by atoms with Crippen molar-refractivity contribution in [2.45, 2.75) is 33.2 Å². The number of benzene rings is 1. The van der Waals surface area contributed by atoms with Gasteiger partial charge in [-0.3, -0.25) is 4.79 Å². The summed E-state index contributed by atoms with van der Waals surface area (Å²) in [5.74, 6) is -0.752. The molecule has 0 unspecified atom stereocenters. The number of hydrogen-bond donors (Lipinski definition) is 2. The Labute approximate surface area is 115 Å². The third-order valence-corrected chi connectivity index (χ3v) is 2.57.